The quantitative estimate of drug-likeness (QED) is 0.905. The molecule has 0 radical (unpaired) electrons. The van der Waals surface area contributed by atoms with Crippen molar-refractivity contribution in [3.05, 3.63) is 47.8 Å². The van der Waals surface area contributed by atoms with Crippen LogP contribution in [-0.4, -0.2) is 49.6 Å². The molecule has 7 heteroatoms. The Balaban J connectivity index is 1.75. The van der Waals surface area contributed by atoms with E-state index in [2.05, 4.69) is 10.3 Å². The number of carbonyl (C=O) groups is 1. The van der Waals surface area contributed by atoms with Crippen LogP contribution in [-0.2, 0) is 6.54 Å². The number of hydrogen-bond acceptors (Lipinski definition) is 5. The van der Waals surface area contributed by atoms with Crippen LogP contribution in [0.3, 0.4) is 0 Å². The molecule has 1 atom stereocenters. The summed E-state index contributed by atoms with van der Waals surface area (Å²) in [5.41, 5.74) is -0.103. The molecule has 7 nitrogen and oxygen atoms in total. The van der Waals surface area contributed by atoms with E-state index in [0.29, 0.717) is 30.6 Å². The van der Waals surface area contributed by atoms with Crippen LogP contribution in [0.25, 0.3) is 0 Å². The Bertz CT molecular complexity index is 737. The molecule has 1 aromatic heterocycles. The molecule has 1 N–H and O–H groups in total. The third-order valence-electron chi connectivity index (χ3n) is 4.01. The molecule has 0 aliphatic carbocycles. The molecule has 2 aromatic rings. The standard InChI is InChI=1S/C16H17N5O2/c17-10-13-3-1-4-14(9-13)15(22)20-7-2-5-16(23,11-20)12-21-8-6-18-19-21/h1,3-4,6,8-9,23H,2,5,7,11-12H2. The van der Waals surface area contributed by atoms with E-state index in [4.69, 9.17) is 5.26 Å². The van der Waals surface area contributed by atoms with Crippen molar-refractivity contribution in [1.29, 1.82) is 5.26 Å². The largest absolute Gasteiger partial charge is 0.386 e. The molecule has 1 aromatic carbocycles. The molecule has 3 rings (SSSR count). The highest BCUT2D eigenvalue weighted by Gasteiger charge is 2.36. The van der Waals surface area contributed by atoms with Gasteiger partial charge in [0.1, 0.15) is 5.60 Å². The maximum Gasteiger partial charge on any atom is 0.253 e. The van der Waals surface area contributed by atoms with Crippen LogP contribution in [0.2, 0.25) is 0 Å². The summed E-state index contributed by atoms with van der Waals surface area (Å²) in [6.45, 7) is 1.13. The summed E-state index contributed by atoms with van der Waals surface area (Å²) < 4.78 is 1.57. The van der Waals surface area contributed by atoms with Crippen LogP contribution in [0.4, 0.5) is 0 Å². The Kier molecular flexibility index (Phi) is 4.08. The summed E-state index contributed by atoms with van der Waals surface area (Å²) in [6.07, 6.45) is 4.57. The van der Waals surface area contributed by atoms with Crippen LogP contribution in [0, 0.1) is 11.3 Å². The predicted molar refractivity (Wildman–Crippen MR) is 81.3 cm³/mol. The number of piperidine rings is 1. The molecule has 1 aliphatic heterocycles. The van der Waals surface area contributed by atoms with Gasteiger partial charge in [-0.3, -0.25) is 4.79 Å². The van der Waals surface area contributed by atoms with Crippen molar-refractivity contribution in [2.24, 2.45) is 0 Å². The van der Waals surface area contributed by atoms with Crippen molar-refractivity contribution in [2.75, 3.05) is 13.1 Å². The second-order valence-electron chi connectivity index (χ2n) is 5.85. The Morgan fingerprint density at radius 2 is 2.35 bits per heavy atom. The first-order chi connectivity index (χ1) is 11.1. The van der Waals surface area contributed by atoms with Gasteiger partial charge in [-0.15, -0.1) is 5.10 Å². The summed E-state index contributed by atoms with van der Waals surface area (Å²) in [7, 11) is 0. The van der Waals surface area contributed by atoms with Crippen LogP contribution < -0.4 is 0 Å². The lowest BCUT2D eigenvalue weighted by Crippen LogP contribution is -2.52. The molecule has 23 heavy (non-hydrogen) atoms. The zero-order chi connectivity index (χ0) is 16.3. The van der Waals surface area contributed by atoms with Gasteiger partial charge in [0.2, 0.25) is 0 Å². The third-order valence-corrected chi connectivity index (χ3v) is 4.01. The molecule has 1 unspecified atom stereocenters. The van der Waals surface area contributed by atoms with Gasteiger partial charge in [0.25, 0.3) is 5.91 Å². The monoisotopic (exact) mass is 311 g/mol. The van der Waals surface area contributed by atoms with Crippen molar-refractivity contribution in [3.63, 3.8) is 0 Å². The fraction of sp³-hybridized carbons (Fsp3) is 0.375. The van der Waals surface area contributed by atoms with Gasteiger partial charge in [-0.2, -0.15) is 5.26 Å². The number of aliphatic hydroxyl groups is 1. The molecular formula is C16H17N5O2. The average Bonchev–Trinajstić information content (AvgIpc) is 3.06. The van der Waals surface area contributed by atoms with E-state index in [9.17, 15) is 9.90 Å². The average molecular weight is 311 g/mol. The highest BCUT2D eigenvalue weighted by atomic mass is 16.3. The topological polar surface area (TPSA) is 95.0 Å². The Hall–Kier alpha value is -2.72. The zero-order valence-electron chi connectivity index (χ0n) is 12.6. The van der Waals surface area contributed by atoms with Gasteiger partial charge in [0.15, 0.2) is 0 Å². The second kappa shape index (κ2) is 6.18. The maximum absolute atomic E-state index is 12.6. The highest BCUT2D eigenvalue weighted by Crippen LogP contribution is 2.24. The lowest BCUT2D eigenvalue weighted by molar-refractivity contribution is -0.0387. The highest BCUT2D eigenvalue weighted by molar-refractivity contribution is 5.94. The van der Waals surface area contributed by atoms with Crippen molar-refractivity contribution >= 4 is 5.91 Å². The van der Waals surface area contributed by atoms with Crippen LogP contribution in [0.1, 0.15) is 28.8 Å². The number of hydrogen-bond donors (Lipinski definition) is 1. The van der Waals surface area contributed by atoms with E-state index in [1.807, 2.05) is 6.07 Å². The number of β-amino-alcohol motifs (C(OH)–C–C–N with tert-alkyl or cyclic N) is 1. The summed E-state index contributed by atoms with van der Waals surface area (Å²) in [4.78, 5) is 14.3. The fourth-order valence-corrected chi connectivity index (χ4v) is 2.94. The van der Waals surface area contributed by atoms with Crippen molar-refractivity contribution in [2.45, 2.75) is 25.0 Å². The molecule has 1 fully saturated rings. The van der Waals surface area contributed by atoms with E-state index in [1.165, 1.54) is 0 Å². The van der Waals surface area contributed by atoms with E-state index < -0.39 is 5.60 Å². The third kappa shape index (κ3) is 3.38. The number of aromatic nitrogens is 3. The lowest BCUT2D eigenvalue weighted by atomic mass is 9.92. The van der Waals surface area contributed by atoms with Crippen molar-refractivity contribution in [3.8, 4) is 6.07 Å². The Morgan fingerprint density at radius 1 is 1.48 bits per heavy atom. The first kappa shape index (κ1) is 15.2. The van der Waals surface area contributed by atoms with Gasteiger partial charge < -0.3 is 10.0 Å². The number of likely N-dealkylation sites (tertiary alicyclic amines) is 1. The SMILES string of the molecule is N#Cc1cccc(C(=O)N2CCCC(O)(Cn3ccnn3)C2)c1. The molecule has 1 saturated heterocycles. The normalized spacial score (nSPS) is 21.0. The van der Waals surface area contributed by atoms with E-state index in [-0.39, 0.29) is 12.5 Å². The predicted octanol–water partition coefficient (Wildman–Crippen LogP) is 0.817. The summed E-state index contributed by atoms with van der Waals surface area (Å²) in [6, 6.07) is 8.65. The number of nitrogens with zero attached hydrogens (tertiary/aromatic N) is 5. The van der Waals surface area contributed by atoms with Gasteiger partial charge in [-0.1, -0.05) is 11.3 Å². The minimum atomic E-state index is -1.02. The number of rotatable bonds is 3. The molecule has 1 amide bonds. The van der Waals surface area contributed by atoms with Gasteiger partial charge in [-0.25, -0.2) is 4.68 Å². The molecule has 118 valence electrons. The van der Waals surface area contributed by atoms with Crippen LogP contribution in [0.5, 0.6) is 0 Å². The molecule has 2 heterocycles. The Morgan fingerprint density at radius 3 is 3.09 bits per heavy atom. The second-order valence-corrected chi connectivity index (χ2v) is 5.85. The Labute approximate surface area is 133 Å². The first-order valence-electron chi connectivity index (χ1n) is 7.46. The van der Waals surface area contributed by atoms with Crippen LogP contribution >= 0.6 is 0 Å². The number of carbonyl (C=O) groups excluding carboxylic acids is 1. The molecule has 0 spiro atoms. The molecule has 0 saturated carbocycles. The first-order valence-corrected chi connectivity index (χ1v) is 7.46. The fourth-order valence-electron chi connectivity index (χ4n) is 2.94. The molecular weight excluding hydrogens is 294 g/mol. The summed E-state index contributed by atoms with van der Waals surface area (Å²) in [5, 5.41) is 27.3. The molecule has 1 aliphatic rings. The van der Waals surface area contributed by atoms with Gasteiger partial charge in [0.05, 0.1) is 30.9 Å². The lowest BCUT2D eigenvalue weighted by Gasteiger charge is -2.39. The smallest absolute Gasteiger partial charge is 0.253 e. The van der Waals surface area contributed by atoms with Crippen molar-refractivity contribution < 1.29 is 9.90 Å². The van der Waals surface area contributed by atoms with E-state index in [1.54, 1.807) is 46.2 Å². The minimum absolute atomic E-state index is 0.168. The zero-order valence-corrected chi connectivity index (χ0v) is 12.6. The molecule has 0 bridgehead atoms. The number of amides is 1. The summed E-state index contributed by atoms with van der Waals surface area (Å²) in [5.74, 6) is -0.168. The van der Waals surface area contributed by atoms with Crippen molar-refractivity contribution in [1.82, 2.24) is 19.9 Å². The van der Waals surface area contributed by atoms with E-state index in [0.717, 1.165) is 6.42 Å². The minimum Gasteiger partial charge on any atom is -0.386 e. The van der Waals surface area contributed by atoms with E-state index >= 15 is 0 Å². The summed E-state index contributed by atoms with van der Waals surface area (Å²) >= 11 is 0. The number of nitriles is 1. The maximum atomic E-state index is 12.6. The van der Waals surface area contributed by atoms with Gasteiger partial charge in [0, 0.05) is 18.3 Å². The van der Waals surface area contributed by atoms with Gasteiger partial charge in [-0.05, 0) is 31.0 Å². The van der Waals surface area contributed by atoms with Crippen LogP contribution in [0.15, 0.2) is 36.7 Å². The number of benzene rings is 1. The van der Waals surface area contributed by atoms with Gasteiger partial charge >= 0.3 is 0 Å².